The standard InChI is InChI=1S/C12H10N4O/c1-17-12-9(3-2-4-13-12)8-5-10-11(14-6-8)7-15-16-10/h2-7,14H,1H3. The average Bonchev–Trinajstić information content (AvgIpc) is 2.85. The van der Waals surface area contributed by atoms with Gasteiger partial charge in [-0.2, -0.15) is 5.10 Å². The highest BCUT2D eigenvalue weighted by Gasteiger charge is 2.11. The van der Waals surface area contributed by atoms with Crippen molar-refractivity contribution in [1.29, 1.82) is 0 Å². The lowest BCUT2D eigenvalue weighted by Crippen LogP contribution is -1.92. The van der Waals surface area contributed by atoms with Crippen molar-refractivity contribution in [1.82, 2.24) is 20.2 Å². The van der Waals surface area contributed by atoms with Crippen LogP contribution in [0.2, 0.25) is 0 Å². The van der Waals surface area contributed by atoms with E-state index in [1.54, 1.807) is 19.5 Å². The van der Waals surface area contributed by atoms with Crippen molar-refractivity contribution in [3.63, 3.8) is 0 Å². The Labute approximate surface area is 97.8 Å². The van der Waals surface area contributed by atoms with E-state index in [2.05, 4.69) is 20.2 Å². The number of hydrogen-bond acceptors (Lipinski definition) is 4. The number of hydrogen-bond donors (Lipinski definition) is 1. The maximum Gasteiger partial charge on any atom is 0.221 e. The molecular formula is C12H10N4O. The van der Waals surface area contributed by atoms with Crippen molar-refractivity contribution >= 4 is 0 Å². The molecule has 3 rings (SSSR count). The van der Waals surface area contributed by atoms with Crippen LogP contribution < -0.4 is 4.74 Å². The summed E-state index contributed by atoms with van der Waals surface area (Å²) in [5.41, 5.74) is 3.64. The Balaban J connectivity index is 2.17. The number of H-pyrrole nitrogens is 1. The summed E-state index contributed by atoms with van der Waals surface area (Å²) in [4.78, 5) is 7.31. The molecule has 2 aliphatic rings. The van der Waals surface area contributed by atoms with Crippen molar-refractivity contribution in [2.75, 3.05) is 7.11 Å². The Bertz CT molecular complexity index is 620. The third-order valence-corrected chi connectivity index (χ3v) is 2.58. The molecule has 1 N–H and O–H groups in total. The van der Waals surface area contributed by atoms with Crippen LogP contribution in [-0.2, 0) is 0 Å². The van der Waals surface area contributed by atoms with Gasteiger partial charge in [0.05, 0.1) is 19.0 Å². The number of rotatable bonds is 2. The fourth-order valence-corrected chi connectivity index (χ4v) is 1.76. The van der Waals surface area contributed by atoms with Crippen molar-refractivity contribution in [3.05, 3.63) is 36.8 Å². The number of nitrogens with one attached hydrogen (secondary N) is 1. The van der Waals surface area contributed by atoms with Crippen LogP contribution in [-0.4, -0.2) is 27.3 Å². The summed E-state index contributed by atoms with van der Waals surface area (Å²) < 4.78 is 5.23. The van der Waals surface area contributed by atoms with Gasteiger partial charge in [0.15, 0.2) is 0 Å². The van der Waals surface area contributed by atoms with E-state index < -0.39 is 0 Å². The Kier molecular flexibility index (Phi) is 2.22. The van der Waals surface area contributed by atoms with Gasteiger partial charge in [-0.25, -0.2) is 4.98 Å². The molecule has 0 unspecified atom stereocenters. The van der Waals surface area contributed by atoms with Crippen molar-refractivity contribution < 1.29 is 4.74 Å². The molecule has 0 spiro atoms. The topological polar surface area (TPSA) is 63.7 Å². The van der Waals surface area contributed by atoms with Gasteiger partial charge in [-0.05, 0) is 18.2 Å². The first-order valence-corrected chi connectivity index (χ1v) is 5.17. The Morgan fingerprint density at radius 1 is 1.35 bits per heavy atom. The first-order valence-electron chi connectivity index (χ1n) is 5.17. The van der Waals surface area contributed by atoms with Gasteiger partial charge in [-0.15, -0.1) is 5.10 Å². The molecule has 1 aromatic heterocycles. The van der Waals surface area contributed by atoms with Gasteiger partial charge >= 0.3 is 0 Å². The van der Waals surface area contributed by atoms with E-state index in [4.69, 9.17) is 4.74 Å². The number of methoxy groups -OCH3 is 1. The second kappa shape index (κ2) is 3.86. The SMILES string of the molecule is COc1ncccc1-c1c[nH]c2cnnc-2c1. The fraction of sp³-hybridized carbons (Fsp3) is 0.0833. The highest BCUT2D eigenvalue weighted by atomic mass is 16.5. The maximum absolute atomic E-state index is 5.23. The van der Waals surface area contributed by atoms with Gasteiger partial charge in [0.1, 0.15) is 5.69 Å². The molecule has 0 atom stereocenters. The quantitative estimate of drug-likeness (QED) is 0.725. The van der Waals surface area contributed by atoms with Gasteiger partial charge in [-0.3, -0.25) is 0 Å². The van der Waals surface area contributed by atoms with Gasteiger partial charge in [-0.1, -0.05) is 0 Å². The molecule has 0 saturated heterocycles. The van der Waals surface area contributed by atoms with Crippen LogP contribution in [0.15, 0.2) is 36.8 Å². The van der Waals surface area contributed by atoms with E-state index in [1.807, 2.05) is 24.4 Å². The average molecular weight is 226 g/mol. The van der Waals surface area contributed by atoms with Crippen molar-refractivity contribution in [3.8, 4) is 28.4 Å². The Morgan fingerprint density at radius 2 is 2.29 bits per heavy atom. The normalized spacial score (nSPS) is 10.6. The maximum atomic E-state index is 5.23. The second-order valence-electron chi connectivity index (χ2n) is 3.59. The molecule has 0 saturated carbocycles. The third-order valence-electron chi connectivity index (χ3n) is 2.58. The van der Waals surface area contributed by atoms with E-state index in [0.29, 0.717) is 5.88 Å². The van der Waals surface area contributed by atoms with Gasteiger partial charge in [0, 0.05) is 23.5 Å². The van der Waals surface area contributed by atoms with Gasteiger partial charge < -0.3 is 9.72 Å². The monoisotopic (exact) mass is 226 g/mol. The minimum atomic E-state index is 0.597. The summed E-state index contributed by atoms with van der Waals surface area (Å²) in [6.45, 7) is 0. The molecule has 0 fully saturated rings. The first kappa shape index (κ1) is 9.77. The summed E-state index contributed by atoms with van der Waals surface area (Å²) >= 11 is 0. The summed E-state index contributed by atoms with van der Waals surface area (Å²) in [5, 5.41) is 7.87. The van der Waals surface area contributed by atoms with Crippen LogP contribution in [0.3, 0.4) is 0 Å². The lowest BCUT2D eigenvalue weighted by molar-refractivity contribution is 0.399. The molecule has 0 aliphatic carbocycles. The zero-order valence-corrected chi connectivity index (χ0v) is 9.21. The highest BCUT2D eigenvalue weighted by Crippen LogP contribution is 2.29. The van der Waals surface area contributed by atoms with E-state index in [-0.39, 0.29) is 0 Å². The van der Waals surface area contributed by atoms with Crippen LogP contribution in [0.25, 0.3) is 22.5 Å². The summed E-state index contributed by atoms with van der Waals surface area (Å²) in [5.74, 6) is 0.597. The molecule has 0 aromatic carbocycles. The zero-order valence-electron chi connectivity index (χ0n) is 9.21. The smallest absolute Gasteiger partial charge is 0.221 e. The van der Waals surface area contributed by atoms with Crippen molar-refractivity contribution in [2.45, 2.75) is 0 Å². The molecule has 0 radical (unpaired) electrons. The molecule has 17 heavy (non-hydrogen) atoms. The largest absolute Gasteiger partial charge is 0.481 e. The van der Waals surface area contributed by atoms with Gasteiger partial charge in [0.25, 0.3) is 0 Å². The minimum absolute atomic E-state index is 0.597. The highest BCUT2D eigenvalue weighted by molar-refractivity contribution is 5.72. The van der Waals surface area contributed by atoms with Crippen LogP contribution in [0, 0.1) is 0 Å². The second-order valence-corrected chi connectivity index (χ2v) is 3.59. The number of aromatic amines is 1. The predicted molar refractivity (Wildman–Crippen MR) is 62.8 cm³/mol. The molecular weight excluding hydrogens is 216 g/mol. The third kappa shape index (κ3) is 1.61. The molecule has 2 aliphatic heterocycles. The summed E-state index contributed by atoms with van der Waals surface area (Å²) in [6, 6.07) is 5.79. The molecule has 1 aromatic rings. The van der Waals surface area contributed by atoms with E-state index in [0.717, 1.165) is 22.5 Å². The number of aromatic nitrogens is 4. The lowest BCUT2D eigenvalue weighted by Gasteiger charge is -2.07. The van der Waals surface area contributed by atoms with E-state index in [9.17, 15) is 0 Å². The predicted octanol–water partition coefficient (Wildman–Crippen LogP) is 1.98. The van der Waals surface area contributed by atoms with Crippen LogP contribution in [0.4, 0.5) is 0 Å². The lowest BCUT2D eigenvalue weighted by atomic mass is 10.1. The molecule has 5 heteroatoms. The van der Waals surface area contributed by atoms with Crippen LogP contribution >= 0.6 is 0 Å². The Hall–Kier alpha value is -2.43. The van der Waals surface area contributed by atoms with Crippen molar-refractivity contribution in [2.24, 2.45) is 0 Å². The molecule has 3 heterocycles. The molecule has 5 nitrogen and oxygen atoms in total. The number of ether oxygens (including phenoxy) is 1. The van der Waals surface area contributed by atoms with Gasteiger partial charge in [0.2, 0.25) is 5.88 Å². The van der Waals surface area contributed by atoms with Crippen LogP contribution in [0.1, 0.15) is 0 Å². The number of pyridine rings is 2. The fourth-order valence-electron chi connectivity index (χ4n) is 1.76. The number of nitrogens with zero attached hydrogens (tertiary/aromatic N) is 3. The molecule has 84 valence electrons. The summed E-state index contributed by atoms with van der Waals surface area (Å²) in [7, 11) is 1.61. The number of fused-ring (bicyclic) bond motifs is 1. The Morgan fingerprint density at radius 3 is 3.18 bits per heavy atom. The molecule has 0 amide bonds. The van der Waals surface area contributed by atoms with E-state index in [1.165, 1.54) is 0 Å². The minimum Gasteiger partial charge on any atom is -0.481 e. The molecule has 0 bridgehead atoms. The zero-order chi connectivity index (χ0) is 11.7. The first-order chi connectivity index (χ1) is 8.38. The van der Waals surface area contributed by atoms with Crippen LogP contribution in [0.5, 0.6) is 5.88 Å². The van der Waals surface area contributed by atoms with E-state index >= 15 is 0 Å². The summed E-state index contributed by atoms with van der Waals surface area (Å²) in [6.07, 6.45) is 5.29.